The van der Waals surface area contributed by atoms with Crippen LogP contribution >= 0.6 is 0 Å². The molecular formula is C29H37N7O3. The van der Waals surface area contributed by atoms with Crippen LogP contribution in [0.15, 0.2) is 36.4 Å². The van der Waals surface area contributed by atoms with Gasteiger partial charge in [-0.3, -0.25) is 9.69 Å². The first-order chi connectivity index (χ1) is 19.0. The van der Waals surface area contributed by atoms with Gasteiger partial charge < -0.3 is 29.9 Å². The van der Waals surface area contributed by atoms with Crippen LogP contribution in [0.25, 0.3) is 10.8 Å². The number of aromatic hydroxyl groups is 1. The summed E-state index contributed by atoms with van der Waals surface area (Å²) in [5.41, 5.74) is 3.21. The third-order valence-electron chi connectivity index (χ3n) is 8.06. The number of phenols is 1. The van der Waals surface area contributed by atoms with Gasteiger partial charge in [-0.25, -0.2) is 0 Å². The van der Waals surface area contributed by atoms with E-state index >= 15 is 0 Å². The third kappa shape index (κ3) is 5.58. The van der Waals surface area contributed by atoms with Gasteiger partial charge in [0.1, 0.15) is 18.2 Å². The van der Waals surface area contributed by atoms with Crippen molar-refractivity contribution in [2.24, 2.45) is 0 Å². The zero-order valence-corrected chi connectivity index (χ0v) is 22.6. The van der Waals surface area contributed by atoms with E-state index in [1.165, 1.54) is 5.56 Å². The molecule has 0 bridgehead atoms. The number of hydrogen-bond donors (Lipinski definition) is 2. The van der Waals surface area contributed by atoms with E-state index in [1.54, 1.807) is 6.92 Å². The van der Waals surface area contributed by atoms with Gasteiger partial charge in [-0.1, -0.05) is 24.3 Å². The summed E-state index contributed by atoms with van der Waals surface area (Å²) in [7, 11) is 0. The van der Waals surface area contributed by atoms with Crippen molar-refractivity contribution >= 4 is 28.2 Å². The minimum atomic E-state index is 0.140. The van der Waals surface area contributed by atoms with Crippen LogP contribution in [-0.4, -0.2) is 103 Å². The zero-order valence-electron chi connectivity index (χ0n) is 22.6. The number of nitrogens with zero attached hydrogens (tertiary/aromatic N) is 6. The highest BCUT2D eigenvalue weighted by Crippen LogP contribution is 2.36. The van der Waals surface area contributed by atoms with Crippen molar-refractivity contribution in [2.75, 3.05) is 81.9 Å². The lowest BCUT2D eigenvalue weighted by molar-refractivity contribution is -0.130. The van der Waals surface area contributed by atoms with Crippen LogP contribution in [0.2, 0.25) is 0 Å². The average molecular weight is 532 g/mol. The molecule has 10 nitrogen and oxygen atoms in total. The maximum absolute atomic E-state index is 11.6. The normalized spacial score (nSPS) is 18.3. The smallest absolute Gasteiger partial charge is 0.318 e. The van der Waals surface area contributed by atoms with Crippen LogP contribution < -0.4 is 19.9 Å². The number of rotatable bonds is 6. The maximum atomic E-state index is 11.6. The molecule has 10 heteroatoms. The highest BCUT2D eigenvalue weighted by Gasteiger charge is 2.27. The van der Waals surface area contributed by atoms with Crippen LogP contribution in [0, 0.1) is 0 Å². The Morgan fingerprint density at radius 2 is 1.79 bits per heavy atom. The summed E-state index contributed by atoms with van der Waals surface area (Å²) in [5.74, 6) is 1.40. The lowest BCUT2D eigenvalue weighted by atomic mass is 10.0. The highest BCUT2D eigenvalue weighted by atomic mass is 16.5. The van der Waals surface area contributed by atoms with Crippen molar-refractivity contribution < 1.29 is 14.6 Å². The number of hydrogen-bond acceptors (Lipinski definition) is 9. The Hall–Kier alpha value is -3.63. The molecule has 3 aliphatic rings. The molecule has 0 aliphatic carbocycles. The second-order valence-electron chi connectivity index (χ2n) is 10.5. The molecule has 6 rings (SSSR count). The molecule has 206 valence electrons. The molecule has 2 N–H and O–H groups in total. The largest absolute Gasteiger partial charge is 0.508 e. The number of piperazine rings is 2. The Balaban J connectivity index is 1.22. The monoisotopic (exact) mass is 531 g/mol. The molecule has 0 saturated carbocycles. The van der Waals surface area contributed by atoms with Crippen LogP contribution in [0.3, 0.4) is 0 Å². The van der Waals surface area contributed by atoms with Gasteiger partial charge in [-0.05, 0) is 17.9 Å². The van der Waals surface area contributed by atoms with Crippen LogP contribution in [0.4, 0.5) is 11.5 Å². The van der Waals surface area contributed by atoms with Crippen LogP contribution in [0.5, 0.6) is 11.8 Å². The van der Waals surface area contributed by atoms with Gasteiger partial charge in [0.05, 0.1) is 12.2 Å². The molecule has 39 heavy (non-hydrogen) atoms. The minimum Gasteiger partial charge on any atom is -0.508 e. The molecule has 3 aliphatic heterocycles. The zero-order chi connectivity index (χ0) is 26.8. The number of benzene rings is 2. The molecule has 0 radical (unpaired) electrons. The molecule has 4 heterocycles. The fourth-order valence-electron chi connectivity index (χ4n) is 5.89. The van der Waals surface area contributed by atoms with E-state index < -0.39 is 0 Å². The molecule has 2 fully saturated rings. The SMILES string of the molecule is CC(=O)N1CCN(CCOc2nc3c(c(N4CCNCC4)n2)CCN(c2cc(O)cc4ccccc24)C3)CC1. The Morgan fingerprint density at radius 1 is 1.00 bits per heavy atom. The third-order valence-corrected chi connectivity index (χ3v) is 8.06. The van der Waals surface area contributed by atoms with E-state index in [-0.39, 0.29) is 11.7 Å². The number of fused-ring (bicyclic) bond motifs is 2. The number of carbonyl (C=O) groups is 1. The van der Waals surface area contributed by atoms with Crippen molar-refractivity contribution in [2.45, 2.75) is 19.9 Å². The van der Waals surface area contributed by atoms with Gasteiger partial charge in [0.2, 0.25) is 5.91 Å². The summed E-state index contributed by atoms with van der Waals surface area (Å²) < 4.78 is 6.17. The van der Waals surface area contributed by atoms with Gasteiger partial charge >= 0.3 is 6.01 Å². The van der Waals surface area contributed by atoms with Crippen molar-refractivity contribution in [3.05, 3.63) is 47.7 Å². The lowest BCUT2D eigenvalue weighted by Crippen LogP contribution is -2.48. The Kier molecular flexibility index (Phi) is 7.38. The van der Waals surface area contributed by atoms with Crippen molar-refractivity contribution in [3.8, 4) is 11.8 Å². The molecule has 3 aromatic rings. The summed E-state index contributed by atoms with van der Waals surface area (Å²) in [6.45, 7) is 11.3. The molecule has 0 atom stereocenters. The highest BCUT2D eigenvalue weighted by molar-refractivity contribution is 5.95. The van der Waals surface area contributed by atoms with E-state index in [1.807, 2.05) is 35.2 Å². The molecule has 2 aromatic carbocycles. The molecule has 1 aromatic heterocycles. The van der Waals surface area contributed by atoms with Gasteiger partial charge in [0.15, 0.2) is 0 Å². The fraction of sp³-hybridized carbons (Fsp3) is 0.483. The van der Waals surface area contributed by atoms with E-state index in [4.69, 9.17) is 14.7 Å². The number of ether oxygens (including phenoxy) is 1. The van der Waals surface area contributed by atoms with Crippen molar-refractivity contribution in [1.82, 2.24) is 25.1 Å². The maximum Gasteiger partial charge on any atom is 0.318 e. The lowest BCUT2D eigenvalue weighted by Gasteiger charge is -2.35. The number of nitrogens with one attached hydrogen (secondary N) is 1. The van der Waals surface area contributed by atoms with E-state index in [0.717, 1.165) is 99.8 Å². The Labute approximate surface area is 229 Å². The molecule has 0 unspecified atom stereocenters. The topological polar surface area (TPSA) is 97.3 Å². The molecule has 0 spiro atoms. The predicted molar refractivity (Wildman–Crippen MR) is 152 cm³/mol. The Bertz CT molecular complexity index is 1340. The van der Waals surface area contributed by atoms with Gasteiger partial charge in [-0.15, -0.1) is 0 Å². The summed E-state index contributed by atoms with van der Waals surface area (Å²) in [6.07, 6.45) is 0.833. The first-order valence-electron chi connectivity index (χ1n) is 14.0. The van der Waals surface area contributed by atoms with Gasteiger partial charge in [-0.2, -0.15) is 9.97 Å². The van der Waals surface area contributed by atoms with Crippen LogP contribution in [-0.2, 0) is 17.8 Å². The van der Waals surface area contributed by atoms with Gasteiger partial charge in [0, 0.05) is 95.1 Å². The summed E-state index contributed by atoms with van der Waals surface area (Å²) in [6, 6.07) is 12.3. The quantitative estimate of drug-likeness (QED) is 0.494. The summed E-state index contributed by atoms with van der Waals surface area (Å²) in [4.78, 5) is 30.3. The van der Waals surface area contributed by atoms with E-state index in [0.29, 0.717) is 19.2 Å². The number of carbonyl (C=O) groups excluding carboxylic acids is 1. The summed E-state index contributed by atoms with van der Waals surface area (Å²) >= 11 is 0. The molecule has 1 amide bonds. The second kappa shape index (κ2) is 11.2. The first-order valence-corrected chi connectivity index (χ1v) is 14.0. The second-order valence-corrected chi connectivity index (χ2v) is 10.5. The minimum absolute atomic E-state index is 0.140. The fourth-order valence-corrected chi connectivity index (χ4v) is 5.89. The number of aromatic nitrogens is 2. The van der Waals surface area contributed by atoms with Crippen molar-refractivity contribution in [1.29, 1.82) is 0 Å². The number of amides is 1. The van der Waals surface area contributed by atoms with Crippen molar-refractivity contribution in [3.63, 3.8) is 0 Å². The van der Waals surface area contributed by atoms with Gasteiger partial charge in [0.25, 0.3) is 0 Å². The Morgan fingerprint density at radius 3 is 2.59 bits per heavy atom. The standard InChI is InChI=1S/C29H37N7O3/c1-21(37)34-14-12-33(13-15-34)16-17-39-29-31-26-20-36(27-19-23(38)18-22-4-2-3-5-24(22)27)9-6-25(26)28(32-29)35-10-7-30-8-11-35/h2-5,18-19,30,38H,6-17,20H2,1H3. The van der Waals surface area contributed by atoms with E-state index in [2.05, 4.69) is 26.1 Å². The van der Waals surface area contributed by atoms with E-state index in [9.17, 15) is 9.90 Å². The number of anilines is 2. The molecule has 2 saturated heterocycles. The first kappa shape index (κ1) is 25.6. The predicted octanol–water partition coefficient (Wildman–Crippen LogP) is 1.85. The number of phenolic OH excluding ortho intramolecular Hbond substituents is 1. The average Bonchev–Trinajstić information content (AvgIpc) is 2.96. The molecular weight excluding hydrogens is 494 g/mol. The van der Waals surface area contributed by atoms with Crippen LogP contribution in [0.1, 0.15) is 18.2 Å². The summed E-state index contributed by atoms with van der Waals surface area (Å²) in [5, 5.41) is 16.0.